The normalized spacial score (nSPS) is 17.0. The molecule has 1 unspecified atom stereocenters. The van der Waals surface area contributed by atoms with E-state index in [4.69, 9.17) is 0 Å². The fraction of sp³-hybridized carbons (Fsp3) is 0.917. The van der Waals surface area contributed by atoms with Gasteiger partial charge in [-0.2, -0.15) is 0 Å². The highest BCUT2D eigenvalue weighted by Gasteiger charge is 2.28. The summed E-state index contributed by atoms with van der Waals surface area (Å²) in [5.41, 5.74) is 0. The van der Waals surface area contributed by atoms with Crippen LogP contribution in [0.15, 0.2) is 5.16 Å². The quantitative estimate of drug-likeness (QED) is 0.550. The van der Waals surface area contributed by atoms with Crippen LogP contribution in [0, 0.1) is 0 Å². The smallest absolute Gasteiger partial charge is 0.209 e. The summed E-state index contributed by atoms with van der Waals surface area (Å²) >= 11 is 1.77. The highest BCUT2D eigenvalue weighted by atomic mass is 32.2. The minimum absolute atomic E-state index is 0.509. The summed E-state index contributed by atoms with van der Waals surface area (Å²) in [6, 6.07) is 0.562. The number of rotatable bonds is 9. The van der Waals surface area contributed by atoms with Crippen molar-refractivity contribution in [3.8, 4) is 0 Å². The molecule has 0 bridgehead atoms. The largest absolute Gasteiger partial charge is 0.316 e. The lowest BCUT2D eigenvalue weighted by atomic mass is 10.2. The Bertz CT molecular complexity index is 350. The molecule has 1 saturated carbocycles. The summed E-state index contributed by atoms with van der Waals surface area (Å²) in [6.45, 7) is 6.60. The minimum Gasteiger partial charge on any atom is -0.316 e. The van der Waals surface area contributed by atoms with E-state index >= 15 is 0 Å². The molecule has 102 valence electrons. The maximum atomic E-state index is 4.11. The van der Waals surface area contributed by atoms with E-state index in [0.717, 1.165) is 18.2 Å². The van der Waals surface area contributed by atoms with Crippen LogP contribution in [0.4, 0.5) is 0 Å². The molecule has 5 nitrogen and oxygen atoms in total. The molecule has 1 aliphatic carbocycles. The van der Waals surface area contributed by atoms with Crippen molar-refractivity contribution >= 4 is 11.8 Å². The van der Waals surface area contributed by atoms with Gasteiger partial charge < -0.3 is 5.32 Å². The first kappa shape index (κ1) is 13.8. The number of hydrogen-bond acceptors (Lipinski definition) is 5. The molecule has 2 rings (SSSR count). The Hall–Kier alpha value is -0.620. The molecule has 0 radical (unpaired) electrons. The van der Waals surface area contributed by atoms with Gasteiger partial charge in [0.15, 0.2) is 0 Å². The Kier molecular flexibility index (Phi) is 5.44. The van der Waals surface area contributed by atoms with Gasteiger partial charge in [0.1, 0.15) is 0 Å². The fourth-order valence-corrected chi connectivity index (χ4v) is 2.78. The van der Waals surface area contributed by atoms with Crippen molar-refractivity contribution in [1.82, 2.24) is 25.5 Å². The van der Waals surface area contributed by atoms with Gasteiger partial charge in [-0.15, -0.1) is 5.10 Å². The van der Waals surface area contributed by atoms with Crippen LogP contribution in [0.25, 0.3) is 0 Å². The topological polar surface area (TPSA) is 55.6 Å². The molecule has 0 aromatic carbocycles. The van der Waals surface area contributed by atoms with Crippen molar-refractivity contribution < 1.29 is 0 Å². The van der Waals surface area contributed by atoms with Crippen LogP contribution >= 0.6 is 11.8 Å². The first-order valence-corrected chi connectivity index (χ1v) is 7.84. The summed E-state index contributed by atoms with van der Waals surface area (Å²) in [6.07, 6.45) is 6.31. The van der Waals surface area contributed by atoms with Crippen LogP contribution in [0.2, 0.25) is 0 Å². The van der Waals surface area contributed by atoms with Gasteiger partial charge in [0, 0.05) is 11.8 Å². The Morgan fingerprint density at radius 2 is 2.28 bits per heavy atom. The molecule has 6 heteroatoms. The Labute approximate surface area is 113 Å². The average Bonchev–Trinajstić information content (AvgIpc) is 3.10. The molecular formula is C12H23N5S. The molecule has 1 N–H and O–H groups in total. The number of nitrogens with zero attached hydrogens (tertiary/aromatic N) is 4. The van der Waals surface area contributed by atoms with Gasteiger partial charge in [0.05, 0.1) is 6.04 Å². The third kappa shape index (κ3) is 4.24. The summed E-state index contributed by atoms with van der Waals surface area (Å²) in [5.74, 6) is 0. The first-order chi connectivity index (χ1) is 8.81. The van der Waals surface area contributed by atoms with E-state index in [9.17, 15) is 0 Å². The summed E-state index contributed by atoms with van der Waals surface area (Å²) in [7, 11) is 0. The molecule has 1 fully saturated rings. The fourth-order valence-electron chi connectivity index (χ4n) is 1.84. The first-order valence-electron chi connectivity index (χ1n) is 6.96. The maximum absolute atomic E-state index is 4.11. The van der Waals surface area contributed by atoms with E-state index < -0.39 is 0 Å². The third-order valence-corrected chi connectivity index (χ3v) is 4.10. The SMILES string of the molecule is CCCCCNCC(C)Sc1nnnn1C1CC1. The molecule has 18 heavy (non-hydrogen) atoms. The monoisotopic (exact) mass is 269 g/mol. The zero-order valence-electron chi connectivity index (χ0n) is 11.3. The standard InChI is InChI=1S/C12H23N5S/c1-3-4-5-8-13-9-10(2)18-12-14-15-16-17(12)11-6-7-11/h10-11,13H,3-9H2,1-2H3. The second-order valence-electron chi connectivity index (χ2n) is 4.98. The number of tetrazole rings is 1. The van der Waals surface area contributed by atoms with Gasteiger partial charge >= 0.3 is 0 Å². The molecule has 1 atom stereocenters. The Morgan fingerprint density at radius 1 is 1.44 bits per heavy atom. The van der Waals surface area contributed by atoms with Gasteiger partial charge in [0.25, 0.3) is 0 Å². The molecule has 1 aromatic rings. The average molecular weight is 269 g/mol. The van der Waals surface area contributed by atoms with Crippen molar-refractivity contribution in [1.29, 1.82) is 0 Å². The van der Waals surface area contributed by atoms with Crippen LogP contribution < -0.4 is 5.32 Å². The number of thioether (sulfide) groups is 1. The molecule has 1 aliphatic rings. The zero-order valence-corrected chi connectivity index (χ0v) is 12.1. The van der Waals surface area contributed by atoms with Crippen molar-refractivity contribution in [3.63, 3.8) is 0 Å². The van der Waals surface area contributed by atoms with Gasteiger partial charge in [-0.1, -0.05) is 38.5 Å². The van der Waals surface area contributed by atoms with Crippen LogP contribution in [0.3, 0.4) is 0 Å². The van der Waals surface area contributed by atoms with Gasteiger partial charge in [-0.05, 0) is 36.2 Å². The highest BCUT2D eigenvalue weighted by molar-refractivity contribution is 7.99. The highest BCUT2D eigenvalue weighted by Crippen LogP contribution is 2.36. The van der Waals surface area contributed by atoms with E-state index in [1.807, 2.05) is 4.68 Å². The Morgan fingerprint density at radius 3 is 3.00 bits per heavy atom. The lowest BCUT2D eigenvalue weighted by Gasteiger charge is -2.11. The van der Waals surface area contributed by atoms with E-state index in [1.54, 1.807) is 11.8 Å². The van der Waals surface area contributed by atoms with E-state index in [-0.39, 0.29) is 0 Å². The number of aromatic nitrogens is 4. The maximum Gasteiger partial charge on any atom is 0.209 e. The molecule has 1 heterocycles. The van der Waals surface area contributed by atoms with Crippen molar-refractivity contribution in [2.24, 2.45) is 0 Å². The van der Waals surface area contributed by atoms with E-state index in [2.05, 4.69) is 34.7 Å². The van der Waals surface area contributed by atoms with E-state index in [1.165, 1.54) is 32.1 Å². The second kappa shape index (κ2) is 7.09. The molecule has 0 spiro atoms. The summed E-state index contributed by atoms with van der Waals surface area (Å²) in [4.78, 5) is 0. The minimum atomic E-state index is 0.509. The van der Waals surface area contributed by atoms with Crippen LogP contribution in [-0.4, -0.2) is 38.5 Å². The molecular weight excluding hydrogens is 246 g/mol. The molecule has 1 aromatic heterocycles. The number of hydrogen-bond donors (Lipinski definition) is 1. The number of unbranched alkanes of at least 4 members (excludes halogenated alkanes) is 2. The molecule has 0 amide bonds. The third-order valence-electron chi connectivity index (χ3n) is 3.05. The van der Waals surface area contributed by atoms with Crippen molar-refractivity contribution in [3.05, 3.63) is 0 Å². The van der Waals surface area contributed by atoms with Crippen LogP contribution in [0.1, 0.15) is 52.0 Å². The van der Waals surface area contributed by atoms with E-state index in [0.29, 0.717) is 11.3 Å². The zero-order chi connectivity index (χ0) is 12.8. The van der Waals surface area contributed by atoms with Crippen LogP contribution in [-0.2, 0) is 0 Å². The lowest BCUT2D eigenvalue weighted by molar-refractivity contribution is 0.563. The number of nitrogens with one attached hydrogen (secondary N) is 1. The second-order valence-corrected chi connectivity index (χ2v) is 6.38. The van der Waals surface area contributed by atoms with Crippen molar-refractivity contribution in [2.75, 3.05) is 13.1 Å². The molecule has 0 aliphatic heterocycles. The van der Waals surface area contributed by atoms with Gasteiger partial charge in [-0.3, -0.25) is 0 Å². The predicted octanol–water partition coefficient (Wildman–Crippen LogP) is 2.27. The summed E-state index contributed by atoms with van der Waals surface area (Å²) < 4.78 is 1.98. The van der Waals surface area contributed by atoms with Gasteiger partial charge in [-0.25, -0.2) is 4.68 Å². The Balaban J connectivity index is 1.66. The lowest BCUT2D eigenvalue weighted by Crippen LogP contribution is -2.24. The van der Waals surface area contributed by atoms with Crippen molar-refractivity contribution in [2.45, 2.75) is 62.4 Å². The van der Waals surface area contributed by atoms with Crippen LogP contribution in [0.5, 0.6) is 0 Å². The van der Waals surface area contributed by atoms with Gasteiger partial charge in [0.2, 0.25) is 5.16 Å². The predicted molar refractivity (Wildman–Crippen MR) is 73.8 cm³/mol. The summed E-state index contributed by atoms with van der Waals surface area (Å²) in [5, 5.41) is 16.9. The molecule has 0 saturated heterocycles.